The molecule has 1 unspecified atom stereocenters. The minimum Gasteiger partial charge on any atom is -0.396 e. The second-order valence-corrected chi connectivity index (χ2v) is 5.75. The molecule has 6 nitrogen and oxygen atoms in total. The SMILES string of the molecule is Cc1[nH]nc2ncc(C(=O)NC(CCCO)c3ccccc3)cc12. The Morgan fingerprint density at radius 2 is 2.12 bits per heavy atom. The molecule has 0 spiro atoms. The third kappa shape index (κ3) is 3.44. The Labute approximate surface area is 139 Å². The lowest BCUT2D eigenvalue weighted by Crippen LogP contribution is -2.28. The Bertz CT molecular complexity index is 829. The van der Waals surface area contributed by atoms with E-state index in [1.165, 1.54) is 6.20 Å². The fourth-order valence-corrected chi connectivity index (χ4v) is 2.69. The van der Waals surface area contributed by atoms with Gasteiger partial charge in [0.1, 0.15) is 0 Å². The first-order chi connectivity index (χ1) is 11.7. The number of pyridine rings is 1. The maximum Gasteiger partial charge on any atom is 0.253 e. The number of nitrogens with one attached hydrogen (secondary N) is 2. The second-order valence-electron chi connectivity index (χ2n) is 5.75. The van der Waals surface area contributed by atoms with Crippen molar-refractivity contribution in [3.63, 3.8) is 0 Å². The smallest absolute Gasteiger partial charge is 0.253 e. The van der Waals surface area contributed by atoms with E-state index in [-0.39, 0.29) is 18.6 Å². The highest BCUT2D eigenvalue weighted by molar-refractivity contribution is 5.97. The number of rotatable bonds is 6. The van der Waals surface area contributed by atoms with Crippen molar-refractivity contribution in [3.8, 4) is 0 Å². The predicted molar refractivity (Wildman–Crippen MR) is 91.6 cm³/mol. The van der Waals surface area contributed by atoms with Crippen molar-refractivity contribution in [1.29, 1.82) is 0 Å². The molecule has 0 fully saturated rings. The molecule has 24 heavy (non-hydrogen) atoms. The van der Waals surface area contributed by atoms with Crippen LogP contribution in [0.5, 0.6) is 0 Å². The van der Waals surface area contributed by atoms with Gasteiger partial charge in [0.05, 0.1) is 11.6 Å². The van der Waals surface area contributed by atoms with E-state index in [1.54, 1.807) is 6.07 Å². The summed E-state index contributed by atoms with van der Waals surface area (Å²) in [6.07, 6.45) is 2.83. The van der Waals surface area contributed by atoms with Crippen LogP contribution in [-0.2, 0) is 0 Å². The van der Waals surface area contributed by atoms with Gasteiger partial charge in [0.15, 0.2) is 5.65 Å². The van der Waals surface area contributed by atoms with Crippen LogP contribution in [-0.4, -0.2) is 32.8 Å². The summed E-state index contributed by atoms with van der Waals surface area (Å²) >= 11 is 0. The summed E-state index contributed by atoms with van der Waals surface area (Å²) in [6.45, 7) is 1.99. The number of nitrogens with zero attached hydrogens (tertiary/aromatic N) is 2. The van der Waals surface area contributed by atoms with Gasteiger partial charge in [0, 0.05) is 23.9 Å². The molecule has 124 valence electrons. The van der Waals surface area contributed by atoms with Crippen LogP contribution in [0.1, 0.15) is 40.5 Å². The Morgan fingerprint density at radius 1 is 1.33 bits per heavy atom. The lowest BCUT2D eigenvalue weighted by molar-refractivity contribution is 0.0932. The number of aromatic amines is 1. The molecule has 1 amide bonds. The number of aliphatic hydroxyl groups excluding tert-OH is 1. The van der Waals surface area contributed by atoms with Gasteiger partial charge in [-0.2, -0.15) is 5.10 Å². The maximum absolute atomic E-state index is 12.6. The van der Waals surface area contributed by atoms with Crippen molar-refractivity contribution in [2.75, 3.05) is 6.61 Å². The van der Waals surface area contributed by atoms with Crippen LogP contribution in [0.3, 0.4) is 0 Å². The lowest BCUT2D eigenvalue weighted by Gasteiger charge is -2.19. The average Bonchev–Trinajstić information content (AvgIpc) is 2.99. The summed E-state index contributed by atoms with van der Waals surface area (Å²) in [7, 11) is 0. The van der Waals surface area contributed by atoms with E-state index >= 15 is 0 Å². The number of fused-ring (bicyclic) bond motifs is 1. The third-order valence-corrected chi connectivity index (χ3v) is 4.02. The molecule has 3 aromatic rings. The van der Waals surface area contributed by atoms with Crippen LogP contribution in [0.2, 0.25) is 0 Å². The van der Waals surface area contributed by atoms with Gasteiger partial charge in [-0.05, 0) is 31.4 Å². The van der Waals surface area contributed by atoms with Gasteiger partial charge < -0.3 is 10.4 Å². The van der Waals surface area contributed by atoms with Crippen molar-refractivity contribution in [3.05, 3.63) is 59.4 Å². The van der Waals surface area contributed by atoms with E-state index < -0.39 is 0 Å². The molecule has 1 atom stereocenters. The van der Waals surface area contributed by atoms with Gasteiger partial charge in [-0.3, -0.25) is 9.89 Å². The molecule has 0 saturated heterocycles. The normalized spacial score (nSPS) is 12.2. The van der Waals surface area contributed by atoms with Crippen molar-refractivity contribution in [2.45, 2.75) is 25.8 Å². The molecular formula is C18H20N4O2. The number of aryl methyl sites for hydroxylation is 1. The minimum absolute atomic E-state index is 0.0981. The van der Waals surface area contributed by atoms with E-state index in [2.05, 4.69) is 20.5 Å². The van der Waals surface area contributed by atoms with Crippen LogP contribution in [0.4, 0.5) is 0 Å². The zero-order valence-electron chi connectivity index (χ0n) is 13.5. The molecule has 0 aliphatic heterocycles. The van der Waals surface area contributed by atoms with E-state index in [0.717, 1.165) is 16.6 Å². The minimum atomic E-state index is -0.184. The molecule has 1 aromatic carbocycles. The molecule has 6 heteroatoms. The molecule has 3 N–H and O–H groups in total. The zero-order valence-corrected chi connectivity index (χ0v) is 13.5. The van der Waals surface area contributed by atoms with Crippen LogP contribution in [0.15, 0.2) is 42.6 Å². The van der Waals surface area contributed by atoms with E-state index in [9.17, 15) is 4.79 Å². The molecule has 0 aliphatic carbocycles. The first-order valence-corrected chi connectivity index (χ1v) is 7.96. The largest absolute Gasteiger partial charge is 0.396 e. The van der Waals surface area contributed by atoms with Crippen LogP contribution in [0.25, 0.3) is 11.0 Å². The Kier molecular flexibility index (Phi) is 4.86. The molecule has 0 saturated carbocycles. The summed E-state index contributed by atoms with van der Waals surface area (Å²) in [5, 5.41) is 19.9. The van der Waals surface area contributed by atoms with Crippen LogP contribution in [0, 0.1) is 6.92 Å². The number of aliphatic hydroxyl groups is 1. The molecule has 0 bridgehead atoms. The predicted octanol–water partition coefficient (Wildman–Crippen LogP) is 2.51. The van der Waals surface area contributed by atoms with E-state index in [0.29, 0.717) is 24.1 Å². The highest BCUT2D eigenvalue weighted by Gasteiger charge is 2.16. The number of H-pyrrole nitrogens is 1. The zero-order chi connectivity index (χ0) is 16.9. The Balaban J connectivity index is 1.82. The summed E-state index contributed by atoms with van der Waals surface area (Å²) in [5.41, 5.74) is 3.00. The van der Waals surface area contributed by atoms with Crippen molar-refractivity contribution in [1.82, 2.24) is 20.5 Å². The second kappa shape index (κ2) is 7.23. The molecule has 2 heterocycles. The summed E-state index contributed by atoms with van der Waals surface area (Å²) in [5.74, 6) is -0.184. The van der Waals surface area contributed by atoms with E-state index in [4.69, 9.17) is 5.11 Å². The average molecular weight is 324 g/mol. The quantitative estimate of drug-likeness (QED) is 0.650. The van der Waals surface area contributed by atoms with Crippen molar-refractivity contribution in [2.24, 2.45) is 0 Å². The first kappa shape index (κ1) is 16.1. The lowest BCUT2D eigenvalue weighted by atomic mass is 10.0. The summed E-state index contributed by atoms with van der Waals surface area (Å²) in [6, 6.07) is 11.4. The standard InChI is InChI=1S/C18H20N4O2/c1-12-15-10-14(11-19-17(15)22-21-12)18(24)20-16(8-5-9-23)13-6-3-2-4-7-13/h2-4,6-7,10-11,16,23H,5,8-9H2,1H3,(H,20,24)(H,19,21,22). The highest BCUT2D eigenvalue weighted by Crippen LogP contribution is 2.20. The van der Waals surface area contributed by atoms with Crippen molar-refractivity contribution < 1.29 is 9.90 Å². The third-order valence-electron chi connectivity index (χ3n) is 4.02. The van der Waals surface area contributed by atoms with Crippen LogP contribution >= 0.6 is 0 Å². The van der Waals surface area contributed by atoms with Gasteiger partial charge >= 0.3 is 0 Å². The molecule has 0 radical (unpaired) electrons. The van der Waals surface area contributed by atoms with Gasteiger partial charge in [0.25, 0.3) is 5.91 Å². The molecule has 2 aromatic heterocycles. The number of hydrogen-bond donors (Lipinski definition) is 3. The fourth-order valence-electron chi connectivity index (χ4n) is 2.69. The van der Waals surface area contributed by atoms with Gasteiger partial charge in [-0.15, -0.1) is 0 Å². The fraction of sp³-hybridized carbons (Fsp3) is 0.278. The number of amides is 1. The number of hydrogen-bond acceptors (Lipinski definition) is 4. The van der Waals surface area contributed by atoms with E-state index in [1.807, 2.05) is 37.3 Å². The monoisotopic (exact) mass is 324 g/mol. The van der Waals surface area contributed by atoms with Gasteiger partial charge in [-0.1, -0.05) is 30.3 Å². The van der Waals surface area contributed by atoms with Crippen molar-refractivity contribution >= 4 is 16.9 Å². The number of aromatic nitrogens is 3. The van der Waals surface area contributed by atoms with Crippen LogP contribution < -0.4 is 5.32 Å². The van der Waals surface area contributed by atoms with Gasteiger partial charge in [-0.25, -0.2) is 4.98 Å². The number of carbonyl (C=O) groups is 1. The summed E-state index contributed by atoms with van der Waals surface area (Å²) in [4.78, 5) is 16.8. The maximum atomic E-state index is 12.6. The molecular weight excluding hydrogens is 304 g/mol. The molecule has 3 rings (SSSR count). The molecule has 0 aliphatic rings. The Hall–Kier alpha value is -2.73. The first-order valence-electron chi connectivity index (χ1n) is 7.96. The number of benzene rings is 1. The van der Waals surface area contributed by atoms with Gasteiger partial charge in [0.2, 0.25) is 0 Å². The summed E-state index contributed by atoms with van der Waals surface area (Å²) < 4.78 is 0. The number of carbonyl (C=O) groups excluding carboxylic acids is 1. The topological polar surface area (TPSA) is 90.9 Å². The Morgan fingerprint density at radius 3 is 2.88 bits per heavy atom. The highest BCUT2D eigenvalue weighted by atomic mass is 16.3.